The van der Waals surface area contributed by atoms with Crippen LogP contribution in [0.15, 0.2) is 72.8 Å². The average molecular weight is 576 g/mol. The molecule has 2 amide bonds. The summed E-state index contributed by atoms with van der Waals surface area (Å²) in [6, 6.07) is 17.5. The highest BCUT2D eigenvalue weighted by atomic mass is 16.6. The molecule has 2 aliphatic heterocycles. The Hall–Kier alpha value is -5.30. The van der Waals surface area contributed by atoms with E-state index in [0.717, 1.165) is 11.6 Å². The number of imide groups is 1. The normalized spacial score (nSPS) is 23.0. The van der Waals surface area contributed by atoms with Gasteiger partial charge in [0.15, 0.2) is 11.5 Å². The monoisotopic (exact) mass is 575 g/mol. The van der Waals surface area contributed by atoms with Gasteiger partial charge in [-0.25, -0.2) is 4.90 Å². The molecule has 13 heteroatoms. The highest BCUT2D eigenvalue weighted by Crippen LogP contribution is 2.53. The summed E-state index contributed by atoms with van der Waals surface area (Å²) in [5, 5.41) is 34.3. The minimum Gasteiger partial charge on any atom is -0.493 e. The Labute approximate surface area is 238 Å². The van der Waals surface area contributed by atoms with Crippen molar-refractivity contribution in [3.8, 4) is 11.5 Å². The zero-order valence-corrected chi connectivity index (χ0v) is 22.1. The van der Waals surface area contributed by atoms with Crippen molar-refractivity contribution in [3.05, 3.63) is 94.0 Å². The zero-order valence-electron chi connectivity index (χ0n) is 22.1. The predicted octanol–water partition coefficient (Wildman–Crippen LogP) is 2.93. The Bertz CT molecular complexity index is 1590. The molecule has 0 radical (unpaired) electrons. The first-order valence-corrected chi connectivity index (χ1v) is 12.8. The average Bonchev–Trinajstić information content (AvgIpc) is 3.45. The number of methoxy groups -OCH3 is 1. The fraction of sp³-hybridized carbons (Fsp3) is 0.241. The van der Waals surface area contributed by atoms with Crippen molar-refractivity contribution in [1.29, 1.82) is 0 Å². The van der Waals surface area contributed by atoms with Gasteiger partial charge in [0.1, 0.15) is 12.1 Å². The molecular formula is C29H25N3O10. The Balaban J connectivity index is 1.65. The minimum atomic E-state index is -2.39. The first-order chi connectivity index (χ1) is 20.1. The maximum atomic E-state index is 14.0. The Kier molecular flexibility index (Phi) is 7.35. The van der Waals surface area contributed by atoms with Gasteiger partial charge in [-0.1, -0.05) is 48.5 Å². The molecule has 3 N–H and O–H groups in total. The number of carbonyl (C=O) groups is 4. The lowest BCUT2D eigenvalue weighted by molar-refractivity contribution is -0.384. The summed E-state index contributed by atoms with van der Waals surface area (Å²) in [4.78, 5) is 64.0. The van der Waals surface area contributed by atoms with Crippen LogP contribution in [-0.2, 0) is 25.8 Å². The molecule has 0 aromatic heterocycles. The molecule has 4 unspecified atom stereocenters. The summed E-state index contributed by atoms with van der Waals surface area (Å²) < 4.78 is 11.6. The van der Waals surface area contributed by atoms with Crippen molar-refractivity contribution < 1.29 is 43.8 Å². The van der Waals surface area contributed by atoms with Crippen molar-refractivity contribution in [2.75, 3.05) is 12.0 Å². The highest BCUT2D eigenvalue weighted by Gasteiger charge is 2.69. The van der Waals surface area contributed by atoms with Gasteiger partial charge in [-0.15, -0.1) is 0 Å². The van der Waals surface area contributed by atoms with Crippen LogP contribution in [0.3, 0.4) is 0 Å². The molecule has 2 aliphatic rings. The van der Waals surface area contributed by atoms with E-state index in [2.05, 4.69) is 5.32 Å². The number of fused-ring (bicyclic) bond motifs is 1. The second-order valence-electron chi connectivity index (χ2n) is 9.91. The third-order valence-corrected chi connectivity index (χ3v) is 7.55. The number of nitro groups is 1. The quantitative estimate of drug-likeness (QED) is 0.183. The lowest BCUT2D eigenvalue weighted by atomic mass is 9.77. The lowest BCUT2D eigenvalue weighted by Crippen LogP contribution is -2.57. The molecule has 216 valence electrons. The van der Waals surface area contributed by atoms with Crippen LogP contribution < -0.4 is 19.7 Å². The van der Waals surface area contributed by atoms with Gasteiger partial charge in [0.2, 0.25) is 11.8 Å². The van der Waals surface area contributed by atoms with Gasteiger partial charge in [-0.05, 0) is 17.7 Å². The van der Waals surface area contributed by atoms with Crippen molar-refractivity contribution >= 4 is 35.1 Å². The minimum absolute atomic E-state index is 0.0842. The van der Waals surface area contributed by atoms with Crippen LogP contribution in [0.1, 0.15) is 23.6 Å². The molecule has 4 atom stereocenters. The maximum absolute atomic E-state index is 14.0. The summed E-state index contributed by atoms with van der Waals surface area (Å²) >= 11 is 0. The topological polar surface area (TPSA) is 186 Å². The summed E-state index contributed by atoms with van der Waals surface area (Å²) in [7, 11) is 1.40. The van der Waals surface area contributed by atoms with Gasteiger partial charge < -0.3 is 19.7 Å². The Morgan fingerprint density at radius 3 is 2.38 bits per heavy atom. The number of non-ortho nitro benzene ring substituents is 1. The molecule has 2 saturated heterocycles. The van der Waals surface area contributed by atoms with Gasteiger partial charge in [0.05, 0.1) is 36.0 Å². The second-order valence-corrected chi connectivity index (χ2v) is 9.91. The number of ether oxygens (including phenoxy) is 2. The summed E-state index contributed by atoms with van der Waals surface area (Å²) in [5.74, 6) is -7.59. The van der Waals surface area contributed by atoms with E-state index in [1.807, 2.05) is 30.3 Å². The van der Waals surface area contributed by atoms with Crippen molar-refractivity contribution in [2.24, 2.45) is 11.8 Å². The number of para-hydroxylation sites is 1. The zero-order chi connectivity index (χ0) is 30.2. The van der Waals surface area contributed by atoms with Crippen LogP contribution in [0.5, 0.6) is 11.5 Å². The first kappa shape index (κ1) is 28.2. The van der Waals surface area contributed by atoms with E-state index in [0.29, 0.717) is 4.90 Å². The molecule has 0 spiro atoms. The van der Waals surface area contributed by atoms with E-state index in [4.69, 9.17) is 9.47 Å². The molecule has 0 aliphatic carbocycles. The highest BCUT2D eigenvalue weighted by molar-refractivity contribution is 6.24. The van der Waals surface area contributed by atoms with Crippen molar-refractivity contribution in [3.63, 3.8) is 0 Å². The molecule has 42 heavy (non-hydrogen) atoms. The SMILES string of the molecule is COc1cccc(C2NC(CC(=O)O)(C(=O)O)C3C(=O)N(c4cccc([N+](=O)[O-])c4)C(=O)C23)c1OCc1ccccc1. The fourth-order valence-corrected chi connectivity index (χ4v) is 5.77. The second kappa shape index (κ2) is 10.9. The number of nitro benzene ring substituents is 1. The fourth-order valence-electron chi connectivity index (χ4n) is 5.77. The maximum Gasteiger partial charge on any atom is 0.325 e. The molecule has 0 saturated carbocycles. The van der Waals surface area contributed by atoms with Crippen LogP contribution in [-0.4, -0.2) is 51.5 Å². The van der Waals surface area contributed by atoms with Crippen LogP contribution in [0.4, 0.5) is 11.4 Å². The van der Waals surface area contributed by atoms with Crippen molar-refractivity contribution in [2.45, 2.75) is 24.6 Å². The first-order valence-electron chi connectivity index (χ1n) is 12.8. The third-order valence-electron chi connectivity index (χ3n) is 7.55. The number of benzene rings is 3. The molecule has 2 heterocycles. The van der Waals surface area contributed by atoms with Crippen LogP contribution in [0.25, 0.3) is 0 Å². The number of aliphatic carboxylic acids is 2. The molecule has 3 aromatic rings. The number of nitrogens with zero attached hydrogens (tertiary/aromatic N) is 2. The number of carbonyl (C=O) groups excluding carboxylic acids is 2. The standard InChI is InChI=1S/C29H25N3O10/c1-41-20-12-6-11-19(25(20)42-15-16-7-3-2-4-8-16)24-22-23(29(30-24,28(37)38)14-21(33)34)27(36)31(26(22)35)17-9-5-10-18(13-17)32(39)40/h2-13,22-24,30H,14-15H2,1H3,(H,33,34)(H,37,38). The molecule has 5 rings (SSSR count). The number of nitrogens with one attached hydrogen (secondary N) is 1. The number of carboxylic acid groups (broad SMARTS) is 2. The number of carboxylic acids is 2. The third kappa shape index (κ3) is 4.69. The smallest absolute Gasteiger partial charge is 0.325 e. The van der Waals surface area contributed by atoms with Gasteiger partial charge in [0.25, 0.3) is 5.69 Å². The number of rotatable bonds is 10. The van der Waals surface area contributed by atoms with E-state index < -0.39 is 58.5 Å². The van der Waals surface area contributed by atoms with E-state index in [1.165, 1.54) is 25.3 Å². The molecular weight excluding hydrogens is 550 g/mol. The van der Waals surface area contributed by atoms with E-state index in [-0.39, 0.29) is 35.0 Å². The largest absolute Gasteiger partial charge is 0.493 e. The Morgan fingerprint density at radius 2 is 1.74 bits per heavy atom. The number of hydrogen-bond acceptors (Lipinski definition) is 9. The van der Waals surface area contributed by atoms with Crippen LogP contribution in [0.2, 0.25) is 0 Å². The predicted molar refractivity (Wildman–Crippen MR) is 145 cm³/mol. The molecule has 0 bridgehead atoms. The molecule has 3 aromatic carbocycles. The van der Waals surface area contributed by atoms with Gasteiger partial charge in [-0.3, -0.25) is 34.6 Å². The van der Waals surface area contributed by atoms with E-state index in [9.17, 15) is 39.5 Å². The summed E-state index contributed by atoms with van der Waals surface area (Å²) in [5.41, 5.74) is -1.83. The summed E-state index contributed by atoms with van der Waals surface area (Å²) in [6.07, 6.45) is -1.02. The van der Waals surface area contributed by atoms with Crippen LogP contribution >= 0.6 is 0 Å². The number of amides is 2. The molecule has 13 nitrogen and oxygen atoms in total. The Morgan fingerprint density at radius 1 is 1.02 bits per heavy atom. The van der Waals surface area contributed by atoms with E-state index in [1.54, 1.807) is 18.2 Å². The van der Waals surface area contributed by atoms with Gasteiger partial charge >= 0.3 is 11.9 Å². The van der Waals surface area contributed by atoms with Gasteiger partial charge in [-0.2, -0.15) is 0 Å². The van der Waals surface area contributed by atoms with Gasteiger partial charge in [0, 0.05) is 23.7 Å². The lowest BCUT2D eigenvalue weighted by Gasteiger charge is -2.30. The summed E-state index contributed by atoms with van der Waals surface area (Å²) in [6.45, 7) is 0.0842. The number of anilines is 1. The van der Waals surface area contributed by atoms with E-state index >= 15 is 0 Å². The van der Waals surface area contributed by atoms with Crippen LogP contribution in [0, 0.1) is 22.0 Å². The number of hydrogen-bond donors (Lipinski definition) is 3. The van der Waals surface area contributed by atoms with Crippen molar-refractivity contribution in [1.82, 2.24) is 5.32 Å². The molecule has 2 fully saturated rings.